The van der Waals surface area contributed by atoms with Crippen LogP contribution in [0.2, 0.25) is 0 Å². The zero-order valence-corrected chi connectivity index (χ0v) is 20.3. The Kier molecular flexibility index (Phi) is 7.73. The number of fused-ring (bicyclic) bond motifs is 3. The molecule has 1 atom stereocenters. The molecule has 0 heterocycles. The summed E-state index contributed by atoms with van der Waals surface area (Å²) in [5, 5.41) is 14.9. The van der Waals surface area contributed by atoms with E-state index in [0.717, 1.165) is 12.8 Å². The van der Waals surface area contributed by atoms with Crippen LogP contribution in [0.3, 0.4) is 0 Å². The maximum atomic E-state index is 12.3. The number of benzene rings is 2. The Balaban J connectivity index is 1.15. The molecule has 2 aliphatic carbocycles. The van der Waals surface area contributed by atoms with Crippen molar-refractivity contribution in [3.8, 4) is 11.1 Å². The van der Waals surface area contributed by atoms with E-state index in [9.17, 15) is 19.5 Å². The molecule has 1 unspecified atom stereocenters. The van der Waals surface area contributed by atoms with Crippen molar-refractivity contribution in [3.63, 3.8) is 0 Å². The maximum absolute atomic E-state index is 12.3. The summed E-state index contributed by atoms with van der Waals surface area (Å²) < 4.78 is 5.58. The second-order valence-corrected chi connectivity index (χ2v) is 10.1. The summed E-state index contributed by atoms with van der Waals surface area (Å²) in [6.07, 6.45) is 1.71. The second-order valence-electron chi connectivity index (χ2n) is 10.1. The number of carboxylic acid groups (broad SMARTS) is 1. The van der Waals surface area contributed by atoms with Gasteiger partial charge in [-0.05, 0) is 52.8 Å². The second kappa shape index (κ2) is 10.9. The molecule has 0 aromatic heterocycles. The molecule has 0 aliphatic heterocycles. The molecule has 0 spiro atoms. The van der Waals surface area contributed by atoms with Gasteiger partial charge in [-0.25, -0.2) is 4.79 Å². The van der Waals surface area contributed by atoms with Gasteiger partial charge in [0.1, 0.15) is 6.61 Å². The molecule has 0 radical (unpaired) electrons. The average molecular weight is 479 g/mol. The maximum Gasteiger partial charge on any atom is 0.407 e. The lowest BCUT2D eigenvalue weighted by molar-refractivity contribution is -0.143. The quantitative estimate of drug-likeness (QED) is 0.469. The number of hydrogen-bond donors (Lipinski definition) is 3. The molecule has 2 aromatic carbocycles. The molecule has 1 saturated carbocycles. The van der Waals surface area contributed by atoms with Crippen LogP contribution in [0.15, 0.2) is 48.5 Å². The molecule has 2 aromatic rings. The van der Waals surface area contributed by atoms with Crippen LogP contribution >= 0.6 is 0 Å². The lowest BCUT2D eigenvalue weighted by Crippen LogP contribution is -2.40. The Morgan fingerprint density at radius 1 is 0.943 bits per heavy atom. The summed E-state index contributed by atoms with van der Waals surface area (Å²) in [5.74, 6) is -0.967. The summed E-state index contributed by atoms with van der Waals surface area (Å²) in [5.41, 5.74) is 4.77. The number of ether oxygens (including phenoxy) is 1. The Labute approximate surface area is 206 Å². The lowest BCUT2D eigenvalue weighted by Gasteiger charge is -2.35. The molecular formula is C28H34N2O5. The number of amides is 2. The zero-order chi connectivity index (χ0) is 24.9. The van der Waals surface area contributed by atoms with Crippen molar-refractivity contribution in [2.75, 3.05) is 19.7 Å². The summed E-state index contributed by atoms with van der Waals surface area (Å²) in [6.45, 7) is 4.66. The van der Waals surface area contributed by atoms with Crippen molar-refractivity contribution in [2.45, 2.75) is 39.0 Å². The van der Waals surface area contributed by atoms with Crippen molar-refractivity contribution < 1.29 is 24.2 Å². The van der Waals surface area contributed by atoms with Crippen LogP contribution in [-0.4, -0.2) is 42.8 Å². The van der Waals surface area contributed by atoms with Gasteiger partial charge in [-0.2, -0.15) is 0 Å². The minimum absolute atomic E-state index is 0.0372. The van der Waals surface area contributed by atoms with Gasteiger partial charge in [0.2, 0.25) is 5.91 Å². The van der Waals surface area contributed by atoms with Gasteiger partial charge in [0, 0.05) is 25.4 Å². The van der Waals surface area contributed by atoms with Gasteiger partial charge in [0.15, 0.2) is 0 Å². The van der Waals surface area contributed by atoms with E-state index in [1.807, 2.05) is 38.1 Å². The van der Waals surface area contributed by atoms with E-state index in [4.69, 9.17) is 4.74 Å². The fourth-order valence-electron chi connectivity index (χ4n) is 5.25. The number of hydrogen-bond acceptors (Lipinski definition) is 4. The van der Waals surface area contributed by atoms with Gasteiger partial charge >= 0.3 is 12.1 Å². The molecule has 4 rings (SSSR count). The monoisotopic (exact) mass is 478 g/mol. The first-order chi connectivity index (χ1) is 16.8. The SMILES string of the molecule is CC(C)C(CNC(=O)CC1CC(CNC(=O)OCC2c3ccccc3-c3ccccc32)C1)C(=O)O. The summed E-state index contributed by atoms with van der Waals surface area (Å²) in [7, 11) is 0. The van der Waals surface area contributed by atoms with Crippen LogP contribution < -0.4 is 10.6 Å². The van der Waals surface area contributed by atoms with Crippen molar-refractivity contribution in [3.05, 3.63) is 59.7 Å². The fraction of sp³-hybridized carbons (Fsp3) is 0.464. The Morgan fingerprint density at radius 2 is 1.54 bits per heavy atom. The van der Waals surface area contributed by atoms with Gasteiger partial charge in [0.05, 0.1) is 5.92 Å². The smallest absolute Gasteiger partial charge is 0.407 e. The molecule has 0 saturated heterocycles. The van der Waals surface area contributed by atoms with Crippen LogP contribution in [0.5, 0.6) is 0 Å². The highest BCUT2D eigenvalue weighted by Gasteiger charge is 2.32. The Hall–Kier alpha value is -3.35. The molecule has 186 valence electrons. The van der Waals surface area contributed by atoms with Crippen LogP contribution in [0.1, 0.15) is 50.2 Å². The number of carboxylic acids is 1. The lowest BCUT2D eigenvalue weighted by atomic mass is 9.73. The Morgan fingerprint density at radius 3 is 2.11 bits per heavy atom. The average Bonchev–Trinajstić information content (AvgIpc) is 3.12. The predicted molar refractivity (Wildman–Crippen MR) is 133 cm³/mol. The number of carbonyl (C=O) groups excluding carboxylic acids is 2. The predicted octanol–water partition coefficient (Wildman–Crippen LogP) is 4.41. The first-order valence-corrected chi connectivity index (χ1v) is 12.4. The van der Waals surface area contributed by atoms with Crippen molar-refractivity contribution in [1.29, 1.82) is 0 Å². The topological polar surface area (TPSA) is 105 Å². The van der Waals surface area contributed by atoms with E-state index in [-0.39, 0.29) is 30.2 Å². The standard InChI is InChI=1S/C28H34N2O5/c1-17(2)24(27(32)33)15-29-26(31)13-18-11-19(12-18)14-30-28(34)35-16-25-22-9-5-3-7-20(22)21-8-4-6-10-23(21)25/h3-10,17-19,24-25H,11-16H2,1-2H3,(H,29,31)(H,30,34)(H,32,33). The van der Waals surface area contributed by atoms with Crippen LogP contribution in [0.4, 0.5) is 4.79 Å². The van der Waals surface area contributed by atoms with E-state index in [2.05, 4.69) is 34.9 Å². The third-order valence-corrected chi connectivity index (χ3v) is 7.33. The largest absolute Gasteiger partial charge is 0.481 e. The van der Waals surface area contributed by atoms with E-state index in [1.54, 1.807) is 0 Å². The molecule has 1 fully saturated rings. The highest BCUT2D eigenvalue weighted by Crippen LogP contribution is 2.44. The molecule has 0 bridgehead atoms. The number of carbonyl (C=O) groups is 3. The number of rotatable bonds is 10. The Bertz CT molecular complexity index is 1030. The number of alkyl carbamates (subject to hydrolysis) is 1. The van der Waals surface area contributed by atoms with Crippen LogP contribution in [0, 0.1) is 23.7 Å². The van der Waals surface area contributed by atoms with Crippen molar-refractivity contribution in [1.82, 2.24) is 10.6 Å². The van der Waals surface area contributed by atoms with E-state index in [0.29, 0.717) is 25.5 Å². The van der Waals surface area contributed by atoms with Crippen molar-refractivity contribution >= 4 is 18.0 Å². The first kappa shape index (κ1) is 24.8. The van der Waals surface area contributed by atoms with E-state index in [1.165, 1.54) is 22.3 Å². The van der Waals surface area contributed by atoms with E-state index < -0.39 is 18.0 Å². The van der Waals surface area contributed by atoms with Gasteiger partial charge < -0.3 is 20.5 Å². The molecule has 3 N–H and O–H groups in total. The minimum Gasteiger partial charge on any atom is -0.481 e. The zero-order valence-electron chi connectivity index (χ0n) is 20.3. The third kappa shape index (κ3) is 5.84. The van der Waals surface area contributed by atoms with Gasteiger partial charge in [-0.3, -0.25) is 9.59 Å². The van der Waals surface area contributed by atoms with Gasteiger partial charge in [0.25, 0.3) is 0 Å². The number of nitrogens with one attached hydrogen (secondary N) is 2. The molecule has 2 amide bonds. The van der Waals surface area contributed by atoms with Crippen LogP contribution in [-0.2, 0) is 14.3 Å². The van der Waals surface area contributed by atoms with Crippen LogP contribution in [0.25, 0.3) is 11.1 Å². The molecular weight excluding hydrogens is 444 g/mol. The highest BCUT2D eigenvalue weighted by molar-refractivity contribution is 5.79. The highest BCUT2D eigenvalue weighted by atomic mass is 16.5. The van der Waals surface area contributed by atoms with Gasteiger partial charge in [-0.1, -0.05) is 62.4 Å². The summed E-state index contributed by atoms with van der Waals surface area (Å²) in [6, 6.07) is 16.5. The van der Waals surface area contributed by atoms with Gasteiger partial charge in [-0.15, -0.1) is 0 Å². The molecule has 7 nitrogen and oxygen atoms in total. The molecule has 2 aliphatic rings. The molecule has 7 heteroatoms. The summed E-state index contributed by atoms with van der Waals surface area (Å²) >= 11 is 0. The van der Waals surface area contributed by atoms with Crippen molar-refractivity contribution in [2.24, 2.45) is 23.7 Å². The minimum atomic E-state index is -0.886. The normalized spacial score (nSPS) is 19.3. The summed E-state index contributed by atoms with van der Waals surface area (Å²) in [4.78, 5) is 35.7. The first-order valence-electron chi connectivity index (χ1n) is 12.4. The van der Waals surface area contributed by atoms with E-state index >= 15 is 0 Å². The third-order valence-electron chi connectivity index (χ3n) is 7.33. The number of aliphatic carboxylic acids is 1. The molecule has 35 heavy (non-hydrogen) atoms. The fourth-order valence-corrected chi connectivity index (χ4v) is 5.25.